The fraction of sp³-hybridized carbons (Fsp3) is 0.105. The first-order valence-electron chi connectivity index (χ1n) is 7.76. The van der Waals surface area contributed by atoms with Crippen molar-refractivity contribution in [2.45, 2.75) is 13.8 Å². The molecular weight excluding hydrogens is 319 g/mol. The van der Waals surface area contributed by atoms with Gasteiger partial charge >= 0.3 is 0 Å². The highest BCUT2D eigenvalue weighted by atomic mass is 19.1. The number of aromatic nitrogens is 2. The molecule has 0 unspecified atom stereocenters. The van der Waals surface area contributed by atoms with E-state index in [2.05, 4.69) is 20.6 Å². The van der Waals surface area contributed by atoms with Gasteiger partial charge in [0.15, 0.2) is 5.78 Å². The third-order valence-electron chi connectivity index (χ3n) is 3.48. The van der Waals surface area contributed by atoms with Crippen LogP contribution in [0, 0.1) is 12.7 Å². The Bertz CT molecular complexity index is 927. The van der Waals surface area contributed by atoms with E-state index in [1.807, 2.05) is 13.0 Å². The van der Waals surface area contributed by atoms with Crippen LogP contribution < -0.4 is 10.6 Å². The van der Waals surface area contributed by atoms with E-state index in [9.17, 15) is 9.18 Å². The smallest absolute Gasteiger partial charge is 0.229 e. The topological polar surface area (TPSA) is 66.9 Å². The zero-order valence-electron chi connectivity index (χ0n) is 13.9. The summed E-state index contributed by atoms with van der Waals surface area (Å²) in [5, 5.41) is 6.15. The van der Waals surface area contributed by atoms with Crippen molar-refractivity contribution in [2.24, 2.45) is 0 Å². The van der Waals surface area contributed by atoms with Crippen LogP contribution in [0.2, 0.25) is 0 Å². The van der Waals surface area contributed by atoms with Gasteiger partial charge in [-0.2, -0.15) is 4.98 Å². The number of Topliss-reactive ketones (excluding diaryl/α,β-unsaturated/α-hetero) is 1. The molecule has 0 saturated heterocycles. The van der Waals surface area contributed by atoms with Crippen LogP contribution in [0.5, 0.6) is 0 Å². The van der Waals surface area contributed by atoms with Gasteiger partial charge in [0.2, 0.25) is 5.95 Å². The average Bonchev–Trinajstić information content (AvgIpc) is 2.54. The molecule has 0 radical (unpaired) electrons. The van der Waals surface area contributed by atoms with Gasteiger partial charge in [-0.3, -0.25) is 4.79 Å². The quantitative estimate of drug-likeness (QED) is 0.666. The van der Waals surface area contributed by atoms with E-state index in [0.29, 0.717) is 23.0 Å². The molecule has 6 heteroatoms. The molecular formula is C19H17FN4O. The van der Waals surface area contributed by atoms with Crippen molar-refractivity contribution in [3.63, 3.8) is 0 Å². The lowest BCUT2D eigenvalue weighted by atomic mass is 10.1. The molecule has 5 nitrogen and oxygen atoms in total. The van der Waals surface area contributed by atoms with Crippen molar-refractivity contribution >= 4 is 28.9 Å². The Labute approximate surface area is 145 Å². The maximum atomic E-state index is 13.3. The molecule has 0 saturated carbocycles. The van der Waals surface area contributed by atoms with Crippen molar-refractivity contribution in [1.29, 1.82) is 0 Å². The number of carbonyl (C=O) groups excluding carboxylic acids is 1. The number of carbonyl (C=O) groups is 1. The van der Waals surface area contributed by atoms with Crippen molar-refractivity contribution in [3.8, 4) is 0 Å². The fourth-order valence-electron chi connectivity index (χ4n) is 2.35. The van der Waals surface area contributed by atoms with Gasteiger partial charge in [0.25, 0.3) is 0 Å². The number of hydrogen-bond donors (Lipinski definition) is 2. The molecule has 0 aliphatic rings. The Hall–Kier alpha value is -3.28. The van der Waals surface area contributed by atoms with E-state index in [1.165, 1.54) is 19.1 Å². The highest BCUT2D eigenvalue weighted by molar-refractivity contribution is 5.95. The maximum Gasteiger partial charge on any atom is 0.229 e. The molecule has 1 heterocycles. The summed E-state index contributed by atoms with van der Waals surface area (Å²) >= 11 is 0. The van der Waals surface area contributed by atoms with Gasteiger partial charge in [-0.05, 0) is 44.2 Å². The third kappa shape index (κ3) is 4.38. The van der Waals surface area contributed by atoms with E-state index in [-0.39, 0.29) is 11.6 Å². The number of rotatable bonds is 5. The molecule has 2 aromatic carbocycles. The van der Waals surface area contributed by atoms with Gasteiger partial charge < -0.3 is 10.6 Å². The first-order valence-corrected chi connectivity index (χ1v) is 7.76. The van der Waals surface area contributed by atoms with Gasteiger partial charge in [-0.1, -0.05) is 18.2 Å². The predicted octanol–water partition coefficient (Wildman–Crippen LogP) is 4.61. The zero-order valence-corrected chi connectivity index (χ0v) is 13.9. The van der Waals surface area contributed by atoms with E-state index in [1.54, 1.807) is 36.4 Å². The molecule has 0 atom stereocenters. The van der Waals surface area contributed by atoms with Crippen molar-refractivity contribution in [3.05, 3.63) is 71.7 Å². The summed E-state index contributed by atoms with van der Waals surface area (Å²) in [6.45, 7) is 3.36. The molecule has 0 aliphatic carbocycles. The molecule has 0 bridgehead atoms. The summed E-state index contributed by atoms with van der Waals surface area (Å²) in [7, 11) is 0. The van der Waals surface area contributed by atoms with Crippen molar-refractivity contribution in [1.82, 2.24) is 9.97 Å². The van der Waals surface area contributed by atoms with Gasteiger partial charge in [-0.15, -0.1) is 0 Å². The lowest BCUT2D eigenvalue weighted by Crippen LogP contribution is -2.03. The highest BCUT2D eigenvalue weighted by Gasteiger charge is 2.06. The molecule has 126 valence electrons. The molecule has 0 amide bonds. The molecule has 25 heavy (non-hydrogen) atoms. The second-order valence-corrected chi connectivity index (χ2v) is 5.62. The van der Waals surface area contributed by atoms with E-state index in [0.717, 1.165) is 11.4 Å². The molecule has 2 N–H and O–H groups in total. The number of halogens is 1. The minimum absolute atomic E-state index is 0.0118. The van der Waals surface area contributed by atoms with Crippen molar-refractivity contribution in [2.75, 3.05) is 10.6 Å². The second-order valence-electron chi connectivity index (χ2n) is 5.62. The fourth-order valence-corrected chi connectivity index (χ4v) is 2.35. The van der Waals surface area contributed by atoms with E-state index >= 15 is 0 Å². The molecule has 1 aromatic heterocycles. The Morgan fingerprint density at radius 3 is 2.40 bits per heavy atom. The number of benzene rings is 2. The molecule has 3 rings (SSSR count). The van der Waals surface area contributed by atoms with Crippen LogP contribution in [-0.2, 0) is 0 Å². The van der Waals surface area contributed by atoms with E-state index < -0.39 is 0 Å². The SMILES string of the molecule is CC(=O)c1cccc(Nc2nc(C)cc(Nc3cccc(F)c3)n2)c1. The second kappa shape index (κ2) is 7.09. The Morgan fingerprint density at radius 2 is 1.68 bits per heavy atom. The van der Waals surface area contributed by atoms with Gasteiger partial charge in [0.1, 0.15) is 11.6 Å². The first-order chi connectivity index (χ1) is 12.0. The Balaban J connectivity index is 1.84. The Morgan fingerprint density at radius 1 is 0.960 bits per heavy atom. The highest BCUT2D eigenvalue weighted by Crippen LogP contribution is 2.20. The monoisotopic (exact) mass is 336 g/mol. The number of nitrogens with zero attached hydrogens (tertiary/aromatic N) is 2. The summed E-state index contributed by atoms with van der Waals surface area (Å²) in [4.78, 5) is 20.2. The largest absolute Gasteiger partial charge is 0.340 e. The summed E-state index contributed by atoms with van der Waals surface area (Å²) in [6.07, 6.45) is 0. The number of aryl methyl sites for hydroxylation is 1. The zero-order chi connectivity index (χ0) is 17.8. The Kier molecular flexibility index (Phi) is 4.70. The number of ketones is 1. The summed E-state index contributed by atoms with van der Waals surface area (Å²) in [5.41, 5.74) is 2.67. The number of hydrogen-bond acceptors (Lipinski definition) is 5. The van der Waals surface area contributed by atoms with E-state index in [4.69, 9.17) is 0 Å². The number of nitrogens with one attached hydrogen (secondary N) is 2. The molecule has 0 spiro atoms. The normalized spacial score (nSPS) is 10.4. The average molecular weight is 336 g/mol. The predicted molar refractivity (Wildman–Crippen MR) is 96.2 cm³/mol. The van der Waals surface area contributed by atoms with Crippen LogP contribution in [0.15, 0.2) is 54.6 Å². The minimum Gasteiger partial charge on any atom is -0.340 e. The molecule has 3 aromatic rings. The van der Waals surface area contributed by atoms with Crippen LogP contribution in [0.25, 0.3) is 0 Å². The van der Waals surface area contributed by atoms with Crippen LogP contribution in [0.4, 0.5) is 27.5 Å². The lowest BCUT2D eigenvalue weighted by molar-refractivity contribution is 0.101. The van der Waals surface area contributed by atoms with Gasteiger partial charge in [0, 0.05) is 28.7 Å². The number of anilines is 4. The maximum absolute atomic E-state index is 13.3. The minimum atomic E-state index is -0.324. The summed E-state index contributed by atoms with van der Waals surface area (Å²) in [5.74, 6) is 0.598. The summed E-state index contributed by atoms with van der Waals surface area (Å²) < 4.78 is 13.3. The molecule has 0 fully saturated rings. The first kappa shape index (κ1) is 16.6. The van der Waals surface area contributed by atoms with Gasteiger partial charge in [-0.25, -0.2) is 9.37 Å². The summed E-state index contributed by atoms with van der Waals surface area (Å²) in [6, 6.07) is 15.0. The van der Waals surface area contributed by atoms with Crippen LogP contribution >= 0.6 is 0 Å². The van der Waals surface area contributed by atoms with Gasteiger partial charge in [0.05, 0.1) is 0 Å². The lowest BCUT2D eigenvalue weighted by Gasteiger charge is -2.10. The van der Waals surface area contributed by atoms with Crippen LogP contribution in [0.3, 0.4) is 0 Å². The standard InChI is InChI=1S/C19H17FN4O/c1-12-9-18(22-17-8-4-6-15(20)11-17)24-19(21-12)23-16-7-3-5-14(10-16)13(2)25/h3-11H,1-2H3,(H2,21,22,23,24). The van der Waals surface area contributed by atoms with Crippen molar-refractivity contribution < 1.29 is 9.18 Å². The third-order valence-corrected chi connectivity index (χ3v) is 3.48. The van der Waals surface area contributed by atoms with Crippen LogP contribution in [0.1, 0.15) is 23.0 Å². The van der Waals surface area contributed by atoms with Crippen LogP contribution in [-0.4, -0.2) is 15.8 Å². The molecule has 0 aliphatic heterocycles.